The SMILES string of the molecule is CCN(Cc1cccc(Cl)c1)C(=O)C(C)N.Cl. The molecule has 1 unspecified atom stereocenters. The van der Waals surface area contributed by atoms with Crippen molar-refractivity contribution in [1.82, 2.24) is 4.90 Å². The molecule has 0 saturated carbocycles. The van der Waals surface area contributed by atoms with Crippen LogP contribution < -0.4 is 5.73 Å². The van der Waals surface area contributed by atoms with Crippen LogP contribution in [0.15, 0.2) is 24.3 Å². The molecule has 96 valence electrons. The molecule has 0 bridgehead atoms. The summed E-state index contributed by atoms with van der Waals surface area (Å²) in [5, 5.41) is 0.682. The van der Waals surface area contributed by atoms with Crippen LogP contribution in [0, 0.1) is 0 Å². The molecule has 0 aliphatic heterocycles. The quantitative estimate of drug-likeness (QED) is 0.918. The summed E-state index contributed by atoms with van der Waals surface area (Å²) in [5.74, 6) is -0.0394. The predicted octanol–water partition coefficient (Wildman–Crippen LogP) is 2.46. The maximum absolute atomic E-state index is 11.7. The van der Waals surface area contributed by atoms with Crippen LogP contribution in [0.4, 0.5) is 0 Å². The van der Waals surface area contributed by atoms with E-state index in [0.29, 0.717) is 18.1 Å². The fraction of sp³-hybridized carbons (Fsp3) is 0.417. The van der Waals surface area contributed by atoms with Crippen LogP contribution in [0.1, 0.15) is 19.4 Å². The largest absolute Gasteiger partial charge is 0.337 e. The molecule has 1 aromatic rings. The zero-order chi connectivity index (χ0) is 12.1. The van der Waals surface area contributed by atoms with Crippen LogP contribution in [0.5, 0.6) is 0 Å². The van der Waals surface area contributed by atoms with E-state index in [2.05, 4.69) is 0 Å². The van der Waals surface area contributed by atoms with E-state index < -0.39 is 6.04 Å². The number of likely N-dealkylation sites (N-methyl/N-ethyl adjacent to an activating group) is 1. The fourth-order valence-electron chi connectivity index (χ4n) is 1.49. The third kappa shape index (κ3) is 4.94. The lowest BCUT2D eigenvalue weighted by atomic mass is 10.2. The van der Waals surface area contributed by atoms with Gasteiger partial charge >= 0.3 is 0 Å². The van der Waals surface area contributed by atoms with E-state index >= 15 is 0 Å². The minimum Gasteiger partial charge on any atom is -0.337 e. The lowest BCUT2D eigenvalue weighted by molar-refractivity contribution is -0.132. The van der Waals surface area contributed by atoms with E-state index in [1.165, 1.54) is 0 Å². The first-order valence-electron chi connectivity index (χ1n) is 5.33. The van der Waals surface area contributed by atoms with Gasteiger partial charge in [0, 0.05) is 18.1 Å². The van der Waals surface area contributed by atoms with Gasteiger partial charge in [0.05, 0.1) is 6.04 Å². The second-order valence-corrected chi connectivity index (χ2v) is 4.21. The highest BCUT2D eigenvalue weighted by Crippen LogP contribution is 2.13. The van der Waals surface area contributed by atoms with Gasteiger partial charge in [-0.15, -0.1) is 12.4 Å². The molecule has 0 aliphatic rings. The third-order valence-electron chi connectivity index (χ3n) is 2.35. The van der Waals surface area contributed by atoms with Gasteiger partial charge in [-0.25, -0.2) is 0 Å². The number of hydrogen-bond acceptors (Lipinski definition) is 2. The molecule has 2 N–H and O–H groups in total. The Morgan fingerprint density at radius 1 is 1.53 bits per heavy atom. The molecule has 3 nitrogen and oxygen atoms in total. The molecule has 1 aromatic carbocycles. The molecule has 0 fully saturated rings. The molecular weight excluding hydrogens is 259 g/mol. The molecule has 1 atom stereocenters. The first kappa shape index (κ1) is 16.2. The number of nitrogens with two attached hydrogens (primary N) is 1. The minimum atomic E-state index is -0.459. The van der Waals surface area contributed by atoms with Crippen molar-refractivity contribution in [1.29, 1.82) is 0 Å². The number of amides is 1. The Labute approximate surface area is 113 Å². The molecular formula is C12H18Cl2N2O. The van der Waals surface area contributed by atoms with Crippen LogP contribution in [-0.4, -0.2) is 23.4 Å². The van der Waals surface area contributed by atoms with Gasteiger partial charge in [0.15, 0.2) is 0 Å². The molecule has 0 aromatic heterocycles. The van der Waals surface area contributed by atoms with Crippen molar-refractivity contribution in [3.63, 3.8) is 0 Å². The van der Waals surface area contributed by atoms with Crippen molar-refractivity contribution in [3.8, 4) is 0 Å². The predicted molar refractivity (Wildman–Crippen MR) is 73.4 cm³/mol. The van der Waals surface area contributed by atoms with Crippen molar-refractivity contribution in [2.75, 3.05) is 6.54 Å². The Balaban J connectivity index is 0.00000256. The summed E-state index contributed by atoms with van der Waals surface area (Å²) < 4.78 is 0. The van der Waals surface area contributed by atoms with Gasteiger partial charge in [-0.3, -0.25) is 4.79 Å². The molecule has 17 heavy (non-hydrogen) atoms. The highest BCUT2D eigenvalue weighted by Gasteiger charge is 2.15. The maximum atomic E-state index is 11.7. The summed E-state index contributed by atoms with van der Waals surface area (Å²) in [6, 6.07) is 7.04. The first-order valence-corrected chi connectivity index (χ1v) is 5.71. The number of nitrogens with zero attached hydrogens (tertiary/aromatic N) is 1. The molecule has 5 heteroatoms. The Morgan fingerprint density at radius 3 is 2.65 bits per heavy atom. The molecule has 0 aliphatic carbocycles. The highest BCUT2D eigenvalue weighted by molar-refractivity contribution is 6.30. The Bertz CT molecular complexity index is 369. The Morgan fingerprint density at radius 2 is 2.18 bits per heavy atom. The maximum Gasteiger partial charge on any atom is 0.239 e. The van der Waals surface area contributed by atoms with E-state index in [0.717, 1.165) is 5.56 Å². The van der Waals surface area contributed by atoms with Crippen molar-refractivity contribution in [2.45, 2.75) is 26.4 Å². The van der Waals surface area contributed by atoms with Gasteiger partial charge in [-0.05, 0) is 31.5 Å². The van der Waals surface area contributed by atoms with Crippen molar-refractivity contribution >= 4 is 29.9 Å². The van der Waals surface area contributed by atoms with Gasteiger partial charge in [0.25, 0.3) is 0 Å². The van der Waals surface area contributed by atoms with E-state index in [-0.39, 0.29) is 18.3 Å². The van der Waals surface area contributed by atoms with Crippen LogP contribution in [-0.2, 0) is 11.3 Å². The third-order valence-corrected chi connectivity index (χ3v) is 2.58. The van der Waals surface area contributed by atoms with Crippen molar-refractivity contribution in [3.05, 3.63) is 34.9 Å². The first-order chi connectivity index (χ1) is 7.54. The minimum absolute atomic E-state index is 0. The number of halogens is 2. The summed E-state index contributed by atoms with van der Waals surface area (Å²) in [4.78, 5) is 13.4. The summed E-state index contributed by atoms with van der Waals surface area (Å²) in [6.45, 7) is 4.83. The number of benzene rings is 1. The summed E-state index contributed by atoms with van der Waals surface area (Å²) in [7, 11) is 0. The molecule has 0 saturated heterocycles. The summed E-state index contributed by atoms with van der Waals surface area (Å²) in [6.07, 6.45) is 0. The summed E-state index contributed by atoms with van der Waals surface area (Å²) in [5.41, 5.74) is 6.60. The molecule has 1 rings (SSSR count). The molecule has 0 spiro atoms. The normalized spacial score (nSPS) is 11.5. The van der Waals surface area contributed by atoms with Gasteiger partial charge < -0.3 is 10.6 Å². The van der Waals surface area contributed by atoms with Crippen molar-refractivity contribution < 1.29 is 4.79 Å². The number of carbonyl (C=O) groups excluding carboxylic acids is 1. The van der Waals surface area contributed by atoms with Gasteiger partial charge in [0.1, 0.15) is 0 Å². The topological polar surface area (TPSA) is 46.3 Å². The lowest BCUT2D eigenvalue weighted by Crippen LogP contribution is -2.41. The smallest absolute Gasteiger partial charge is 0.239 e. The number of carbonyl (C=O) groups is 1. The average Bonchev–Trinajstić information content (AvgIpc) is 2.25. The molecule has 0 heterocycles. The van der Waals surface area contributed by atoms with E-state index in [4.69, 9.17) is 17.3 Å². The standard InChI is InChI=1S/C12H17ClN2O.ClH/c1-3-15(12(16)9(2)14)8-10-5-4-6-11(13)7-10;/h4-7,9H,3,8,14H2,1-2H3;1H. The Kier molecular flexibility index (Phi) is 7.19. The fourth-order valence-corrected chi connectivity index (χ4v) is 1.70. The average molecular weight is 277 g/mol. The van der Waals surface area contributed by atoms with E-state index in [1.54, 1.807) is 11.8 Å². The van der Waals surface area contributed by atoms with Crippen LogP contribution in [0.2, 0.25) is 5.02 Å². The second kappa shape index (κ2) is 7.54. The van der Waals surface area contributed by atoms with E-state index in [9.17, 15) is 4.79 Å². The van der Waals surface area contributed by atoms with Gasteiger partial charge in [-0.2, -0.15) is 0 Å². The van der Waals surface area contributed by atoms with Crippen LogP contribution >= 0.6 is 24.0 Å². The monoisotopic (exact) mass is 276 g/mol. The van der Waals surface area contributed by atoms with Gasteiger partial charge in [0.2, 0.25) is 5.91 Å². The number of hydrogen-bond donors (Lipinski definition) is 1. The molecule has 1 amide bonds. The van der Waals surface area contributed by atoms with Crippen molar-refractivity contribution in [2.24, 2.45) is 5.73 Å². The zero-order valence-electron chi connectivity index (χ0n) is 10.0. The highest BCUT2D eigenvalue weighted by atomic mass is 35.5. The second-order valence-electron chi connectivity index (χ2n) is 3.77. The van der Waals surface area contributed by atoms with Gasteiger partial charge in [-0.1, -0.05) is 23.7 Å². The summed E-state index contributed by atoms with van der Waals surface area (Å²) >= 11 is 5.89. The van der Waals surface area contributed by atoms with Crippen LogP contribution in [0.3, 0.4) is 0 Å². The van der Waals surface area contributed by atoms with E-state index in [1.807, 2.05) is 31.2 Å². The lowest BCUT2D eigenvalue weighted by Gasteiger charge is -2.22. The number of rotatable bonds is 4. The zero-order valence-corrected chi connectivity index (χ0v) is 11.6. The Hall–Kier alpha value is -0.770. The van der Waals surface area contributed by atoms with Crippen LogP contribution in [0.25, 0.3) is 0 Å². The molecule has 0 radical (unpaired) electrons.